The lowest BCUT2D eigenvalue weighted by atomic mass is 9.95. The maximum atomic E-state index is 13.2. The number of nitrogens with zero attached hydrogens (tertiary/aromatic N) is 1. The molecule has 1 heterocycles. The van der Waals surface area contributed by atoms with E-state index in [0.717, 1.165) is 24.8 Å². The van der Waals surface area contributed by atoms with E-state index in [1.807, 2.05) is 0 Å². The van der Waals surface area contributed by atoms with Gasteiger partial charge in [0.1, 0.15) is 5.82 Å². The summed E-state index contributed by atoms with van der Waals surface area (Å²) in [6.45, 7) is 2.62. The summed E-state index contributed by atoms with van der Waals surface area (Å²) in [6, 6.07) is 11.3. The summed E-state index contributed by atoms with van der Waals surface area (Å²) in [6.07, 6.45) is 2.66. The first-order chi connectivity index (χ1) is 11.9. The van der Waals surface area contributed by atoms with Crippen molar-refractivity contribution < 1.29 is 12.8 Å². The normalized spacial score (nSPS) is 19.6. The van der Waals surface area contributed by atoms with Gasteiger partial charge in [-0.25, -0.2) is 12.8 Å². The van der Waals surface area contributed by atoms with Crippen LogP contribution < -0.4 is 0 Å². The third-order valence-corrected chi connectivity index (χ3v) is 7.23. The van der Waals surface area contributed by atoms with Crippen molar-refractivity contribution in [1.82, 2.24) is 4.31 Å². The van der Waals surface area contributed by atoms with Crippen molar-refractivity contribution in [2.75, 3.05) is 13.1 Å². The highest BCUT2D eigenvalue weighted by atomic mass is 35.5. The molecule has 0 bridgehead atoms. The smallest absolute Gasteiger partial charge is 0.207 e. The molecule has 6 heteroatoms. The Labute approximate surface area is 153 Å². The number of hydrogen-bond donors (Lipinski definition) is 0. The predicted octanol–water partition coefficient (Wildman–Crippen LogP) is 4.75. The van der Waals surface area contributed by atoms with Crippen molar-refractivity contribution >= 4 is 21.6 Å². The Morgan fingerprint density at radius 2 is 1.84 bits per heavy atom. The average Bonchev–Trinajstić information content (AvgIpc) is 2.84. The Morgan fingerprint density at radius 1 is 1.12 bits per heavy atom. The van der Waals surface area contributed by atoms with Crippen molar-refractivity contribution in [3.8, 4) is 0 Å². The Bertz CT molecular complexity index is 852. The van der Waals surface area contributed by atoms with Crippen LogP contribution in [0.2, 0.25) is 5.02 Å². The molecule has 3 rings (SSSR count). The van der Waals surface area contributed by atoms with E-state index >= 15 is 0 Å². The van der Waals surface area contributed by atoms with Gasteiger partial charge < -0.3 is 0 Å². The molecule has 1 aliphatic rings. The first-order valence-electron chi connectivity index (χ1n) is 8.40. The molecule has 1 unspecified atom stereocenters. The highest BCUT2D eigenvalue weighted by Crippen LogP contribution is 2.31. The molecule has 0 spiro atoms. The number of rotatable bonds is 3. The molecule has 0 aromatic heterocycles. The monoisotopic (exact) mass is 381 g/mol. The van der Waals surface area contributed by atoms with Gasteiger partial charge in [0.25, 0.3) is 0 Å². The van der Waals surface area contributed by atoms with E-state index in [9.17, 15) is 12.8 Å². The summed E-state index contributed by atoms with van der Waals surface area (Å²) >= 11 is 6.11. The van der Waals surface area contributed by atoms with E-state index in [1.165, 1.54) is 12.1 Å². The molecule has 134 valence electrons. The molecule has 1 aliphatic heterocycles. The molecule has 0 N–H and O–H groups in total. The fraction of sp³-hybridized carbons (Fsp3) is 0.368. The number of sulfonamides is 1. The molecule has 1 fully saturated rings. The van der Waals surface area contributed by atoms with Gasteiger partial charge in [-0.05, 0) is 61.1 Å². The maximum Gasteiger partial charge on any atom is 0.243 e. The average molecular weight is 382 g/mol. The minimum absolute atomic E-state index is 0.0670. The SMILES string of the molecule is Cc1c(Cl)cccc1S(=O)(=O)N1CCCCC(c2ccc(F)cc2)C1. The molecule has 0 amide bonds. The van der Waals surface area contributed by atoms with Gasteiger partial charge in [-0.15, -0.1) is 0 Å². The fourth-order valence-electron chi connectivity index (χ4n) is 3.34. The summed E-state index contributed by atoms with van der Waals surface area (Å²) in [4.78, 5) is 0.264. The summed E-state index contributed by atoms with van der Waals surface area (Å²) in [5.74, 6) is -0.214. The van der Waals surface area contributed by atoms with Crippen LogP contribution in [0.15, 0.2) is 47.4 Å². The highest BCUT2D eigenvalue weighted by Gasteiger charge is 2.30. The van der Waals surface area contributed by atoms with Gasteiger partial charge in [0.15, 0.2) is 0 Å². The fourth-order valence-corrected chi connectivity index (χ4v) is 5.34. The van der Waals surface area contributed by atoms with Gasteiger partial charge in [0.2, 0.25) is 10.0 Å². The van der Waals surface area contributed by atoms with Crippen molar-refractivity contribution in [1.29, 1.82) is 0 Å². The Balaban J connectivity index is 1.92. The van der Waals surface area contributed by atoms with E-state index in [-0.39, 0.29) is 16.6 Å². The van der Waals surface area contributed by atoms with Gasteiger partial charge >= 0.3 is 0 Å². The maximum absolute atomic E-state index is 13.2. The van der Waals surface area contributed by atoms with Crippen LogP contribution in [0.1, 0.15) is 36.3 Å². The molecule has 1 atom stereocenters. The van der Waals surface area contributed by atoms with Crippen LogP contribution in [0.25, 0.3) is 0 Å². The Morgan fingerprint density at radius 3 is 2.56 bits per heavy atom. The summed E-state index contributed by atoms with van der Waals surface area (Å²) in [5.41, 5.74) is 1.55. The molecule has 0 saturated carbocycles. The molecule has 0 aliphatic carbocycles. The minimum Gasteiger partial charge on any atom is -0.207 e. The van der Waals surface area contributed by atoms with E-state index in [1.54, 1.807) is 41.6 Å². The first-order valence-corrected chi connectivity index (χ1v) is 10.2. The standard InChI is InChI=1S/C19H21ClFNO2S/c1-14-18(20)6-4-7-19(14)25(23,24)22-12-3-2-5-16(13-22)15-8-10-17(21)11-9-15/h4,6-11,16H,2-3,5,12-13H2,1H3. The van der Waals surface area contributed by atoms with Crippen molar-refractivity contribution in [3.63, 3.8) is 0 Å². The lowest BCUT2D eigenvalue weighted by Gasteiger charge is -2.25. The van der Waals surface area contributed by atoms with Gasteiger partial charge in [-0.1, -0.05) is 36.2 Å². The van der Waals surface area contributed by atoms with Gasteiger partial charge in [-0.3, -0.25) is 0 Å². The third kappa shape index (κ3) is 3.89. The summed E-state index contributed by atoms with van der Waals surface area (Å²) in [7, 11) is -3.61. The van der Waals surface area contributed by atoms with Crippen LogP contribution in [-0.2, 0) is 10.0 Å². The number of hydrogen-bond acceptors (Lipinski definition) is 2. The van der Waals surface area contributed by atoms with Gasteiger partial charge in [0.05, 0.1) is 4.90 Å². The zero-order chi connectivity index (χ0) is 18.0. The Kier molecular flexibility index (Phi) is 5.46. The molecular weight excluding hydrogens is 361 g/mol. The first kappa shape index (κ1) is 18.4. The summed E-state index contributed by atoms with van der Waals surface area (Å²) < 4.78 is 41.0. The minimum atomic E-state index is -3.61. The molecular formula is C19H21ClFNO2S. The van der Waals surface area contributed by atoms with E-state index in [2.05, 4.69) is 0 Å². The van der Waals surface area contributed by atoms with E-state index in [0.29, 0.717) is 23.7 Å². The van der Waals surface area contributed by atoms with Crippen molar-refractivity contribution in [2.45, 2.75) is 37.0 Å². The lowest BCUT2D eigenvalue weighted by molar-refractivity contribution is 0.406. The van der Waals surface area contributed by atoms with Crippen LogP contribution in [0.4, 0.5) is 4.39 Å². The van der Waals surface area contributed by atoms with Crippen LogP contribution in [0, 0.1) is 12.7 Å². The van der Waals surface area contributed by atoms with Crippen molar-refractivity contribution in [2.24, 2.45) is 0 Å². The number of benzene rings is 2. The van der Waals surface area contributed by atoms with E-state index in [4.69, 9.17) is 11.6 Å². The third-order valence-electron chi connectivity index (χ3n) is 4.81. The van der Waals surface area contributed by atoms with Crippen LogP contribution in [0.3, 0.4) is 0 Å². The Hall–Kier alpha value is -1.43. The molecule has 2 aromatic rings. The second-order valence-corrected chi connectivity index (χ2v) is 8.78. The summed E-state index contributed by atoms with van der Waals surface area (Å²) in [5, 5.41) is 0.450. The molecule has 3 nitrogen and oxygen atoms in total. The van der Waals surface area contributed by atoms with Crippen molar-refractivity contribution in [3.05, 3.63) is 64.4 Å². The lowest BCUT2D eigenvalue weighted by Crippen LogP contribution is -2.34. The van der Waals surface area contributed by atoms with Crippen LogP contribution >= 0.6 is 11.6 Å². The number of halogens is 2. The zero-order valence-electron chi connectivity index (χ0n) is 14.1. The topological polar surface area (TPSA) is 37.4 Å². The molecule has 25 heavy (non-hydrogen) atoms. The predicted molar refractivity (Wildman–Crippen MR) is 97.9 cm³/mol. The quantitative estimate of drug-likeness (QED) is 0.769. The largest absolute Gasteiger partial charge is 0.243 e. The molecule has 1 saturated heterocycles. The van der Waals surface area contributed by atoms with Crippen LogP contribution in [0.5, 0.6) is 0 Å². The second-order valence-electron chi connectivity index (χ2n) is 6.47. The molecule has 2 aromatic carbocycles. The van der Waals surface area contributed by atoms with Crippen LogP contribution in [-0.4, -0.2) is 25.8 Å². The molecule has 0 radical (unpaired) electrons. The second kappa shape index (κ2) is 7.44. The highest BCUT2D eigenvalue weighted by molar-refractivity contribution is 7.89. The van der Waals surface area contributed by atoms with Gasteiger partial charge in [-0.2, -0.15) is 4.31 Å². The van der Waals surface area contributed by atoms with E-state index < -0.39 is 10.0 Å². The van der Waals surface area contributed by atoms with Gasteiger partial charge in [0, 0.05) is 18.1 Å². The zero-order valence-corrected chi connectivity index (χ0v) is 15.7.